The second-order valence-corrected chi connectivity index (χ2v) is 6.12. The van der Waals surface area contributed by atoms with Crippen LogP contribution in [0.3, 0.4) is 0 Å². The molecule has 1 unspecified atom stereocenters. The average Bonchev–Trinajstić information content (AvgIpc) is 2.43. The van der Waals surface area contributed by atoms with E-state index in [9.17, 15) is 10.1 Å². The van der Waals surface area contributed by atoms with Gasteiger partial charge in [-0.1, -0.05) is 45.7 Å². The third-order valence-electron chi connectivity index (χ3n) is 3.14. The van der Waals surface area contributed by atoms with Crippen LogP contribution in [-0.4, -0.2) is 11.0 Å². The third kappa shape index (κ3) is 4.52. The number of hydrogen-bond acceptors (Lipinski definition) is 3. The molecule has 0 aliphatic heterocycles. The molecule has 0 saturated heterocycles. The predicted molar refractivity (Wildman–Crippen MR) is 87.6 cm³/mol. The van der Waals surface area contributed by atoms with Gasteiger partial charge in [0.05, 0.1) is 4.92 Å². The zero-order chi connectivity index (χ0) is 15.4. The molecule has 0 amide bonds. The van der Waals surface area contributed by atoms with Gasteiger partial charge in [-0.2, -0.15) is 0 Å². The van der Waals surface area contributed by atoms with Gasteiger partial charge in [0.25, 0.3) is 5.69 Å². The Hall–Kier alpha value is -1.43. The lowest BCUT2D eigenvalue weighted by molar-refractivity contribution is -0.384. The Bertz CT molecular complexity index is 647. The molecule has 2 rings (SSSR count). The summed E-state index contributed by atoms with van der Waals surface area (Å²) < 4.78 is 0.711. The van der Waals surface area contributed by atoms with Crippen molar-refractivity contribution in [3.05, 3.63) is 73.2 Å². The van der Waals surface area contributed by atoms with Gasteiger partial charge in [0.1, 0.15) is 0 Å². The molecule has 21 heavy (non-hydrogen) atoms. The minimum Gasteiger partial charge on any atom is -0.327 e. The molecule has 0 aromatic heterocycles. The maximum atomic E-state index is 10.7. The van der Waals surface area contributed by atoms with Crippen LogP contribution in [0.25, 0.3) is 0 Å². The average molecular weight is 370 g/mol. The number of nitro benzene ring substituents is 1. The number of non-ortho nitro benzene ring substituents is 1. The maximum absolute atomic E-state index is 10.7. The van der Waals surface area contributed by atoms with E-state index in [4.69, 9.17) is 17.3 Å². The fourth-order valence-electron chi connectivity index (χ4n) is 2.09. The third-order valence-corrected chi connectivity index (χ3v) is 4.13. The summed E-state index contributed by atoms with van der Waals surface area (Å²) in [5.74, 6) is 0. The summed E-state index contributed by atoms with van der Waals surface area (Å²) in [6.45, 7) is 0. The molecule has 0 saturated carbocycles. The van der Waals surface area contributed by atoms with E-state index in [1.165, 1.54) is 12.1 Å². The van der Waals surface area contributed by atoms with Gasteiger partial charge >= 0.3 is 0 Å². The fourth-order valence-corrected chi connectivity index (χ4v) is 2.75. The van der Waals surface area contributed by atoms with Crippen molar-refractivity contribution in [3.63, 3.8) is 0 Å². The first kappa shape index (κ1) is 15.9. The van der Waals surface area contributed by atoms with Crippen LogP contribution in [0.4, 0.5) is 5.69 Å². The van der Waals surface area contributed by atoms with Crippen molar-refractivity contribution in [2.45, 2.75) is 18.9 Å². The van der Waals surface area contributed by atoms with Crippen molar-refractivity contribution in [3.8, 4) is 0 Å². The largest absolute Gasteiger partial charge is 0.327 e. The lowest BCUT2D eigenvalue weighted by Crippen LogP contribution is -2.25. The van der Waals surface area contributed by atoms with Gasteiger partial charge in [-0.15, -0.1) is 0 Å². The highest BCUT2D eigenvalue weighted by Crippen LogP contribution is 2.24. The first-order valence-electron chi connectivity index (χ1n) is 6.38. The molecule has 4 nitrogen and oxygen atoms in total. The molecule has 0 fully saturated rings. The number of nitrogens with zero attached hydrogens (tertiary/aromatic N) is 1. The summed E-state index contributed by atoms with van der Waals surface area (Å²) in [5, 5.41) is 11.4. The molecule has 0 spiro atoms. The molecule has 2 aromatic rings. The van der Waals surface area contributed by atoms with Crippen LogP contribution in [0.5, 0.6) is 0 Å². The first-order chi connectivity index (χ1) is 9.95. The van der Waals surface area contributed by atoms with E-state index >= 15 is 0 Å². The van der Waals surface area contributed by atoms with Crippen LogP contribution < -0.4 is 5.73 Å². The van der Waals surface area contributed by atoms with E-state index in [2.05, 4.69) is 15.9 Å². The normalized spacial score (nSPS) is 12.1. The molecule has 2 N–H and O–H groups in total. The molecular formula is C15H14BrClN2O2. The van der Waals surface area contributed by atoms with E-state index in [0.29, 0.717) is 15.9 Å². The van der Waals surface area contributed by atoms with Crippen molar-refractivity contribution in [2.24, 2.45) is 5.73 Å². The van der Waals surface area contributed by atoms with Gasteiger partial charge in [0.2, 0.25) is 0 Å². The van der Waals surface area contributed by atoms with Gasteiger partial charge in [0.15, 0.2) is 0 Å². The Kier molecular flexibility index (Phi) is 5.33. The Morgan fingerprint density at radius 3 is 2.43 bits per heavy atom. The highest BCUT2D eigenvalue weighted by Gasteiger charge is 2.12. The van der Waals surface area contributed by atoms with Crippen LogP contribution in [0, 0.1) is 10.1 Å². The highest BCUT2D eigenvalue weighted by atomic mass is 79.9. The second kappa shape index (κ2) is 7.02. The minimum absolute atomic E-state index is 0.0658. The lowest BCUT2D eigenvalue weighted by atomic mass is 9.99. The molecule has 0 heterocycles. The standard InChI is InChI=1S/C15H14BrClN2O2/c16-15-9-14(19(20)21)6-3-11(15)8-13(18)7-10-1-4-12(17)5-2-10/h1-6,9,13H,7-8,18H2. The van der Waals surface area contributed by atoms with Crippen LogP contribution in [0.15, 0.2) is 46.9 Å². The van der Waals surface area contributed by atoms with Crippen LogP contribution in [-0.2, 0) is 12.8 Å². The van der Waals surface area contributed by atoms with Crippen LogP contribution >= 0.6 is 27.5 Å². The van der Waals surface area contributed by atoms with Gasteiger partial charge in [-0.05, 0) is 36.1 Å². The number of hydrogen-bond donors (Lipinski definition) is 1. The number of rotatable bonds is 5. The maximum Gasteiger partial charge on any atom is 0.270 e. The molecule has 110 valence electrons. The number of benzene rings is 2. The summed E-state index contributed by atoms with van der Waals surface area (Å²) in [5.41, 5.74) is 8.30. The quantitative estimate of drug-likeness (QED) is 0.636. The summed E-state index contributed by atoms with van der Waals surface area (Å²) in [6, 6.07) is 12.3. The molecule has 0 aliphatic carbocycles. The smallest absolute Gasteiger partial charge is 0.270 e. The molecule has 0 aliphatic rings. The molecule has 6 heteroatoms. The Labute approximate surface area is 136 Å². The Morgan fingerprint density at radius 1 is 1.19 bits per heavy atom. The molecule has 0 radical (unpaired) electrons. The molecular weight excluding hydrogens is 356 g/mol. The summed E-state index contributed by atoms with van der Waals surface area (Å²) in [7, 11) is 0. The second-order valence-electron chi connectivity index (χ2n) is 4.83. The van der Waals surface area contributed by atoms with Gasteiger partial charge in [0, 0.05) is 27.7 Å². The lowest BCUT2D eigenvalue weighted by Gasteiger charge is -2.13. The topological polar surface area (TPSA) is 69.2 Å². The number of nitrogens with two attached hydrogens (primary N) is 1. The highest BCUT2D eigenvalue weighted by molar-refractivity contribution is 9.10. The number of nitro groups is 1. The molecule has 2 aromatic carbocycles. The zero-order valence-corrected chi connectivity index (χ0v) is 13.5. The SMILES string of the molecule is NC(Cc1ccc(Cl)cc1)Cc1ccc([N+](=O)[O-])cc1Br. The van der Waals surface area contributed by atoms with E-state index < -0.39 is 4.92 Å². The van der Waals surface area contributed by atoms with Crippen LogP contribution in [0.2, 0.25) is 5.02 Å². The van der Waals surface area contributed by atoms with Crippen molar-refractivity contribution in [1.29, 1.82) is 0 Å². The summed E-state index contributed by atoms with van der Waals surface area (Å²) in [4.78, 5) is 10.3. The Morgan fingerprint density at radius 2 is 1.86 bits per heavy atom. The summed E-state index contributed by atoms with van der Waals surface area (Å²) >= 11 is 9.21. The first-order valence-corrected chi connectivity index (χ1v) is 7.55. The van der Waals surface area contributed by atoms with Crippen molar-refractivity contribution < 1.29 is 4.92 Å². The fraction of sp³-hybridized carbons (Fsp3) is 0.200. The van der Waals surface area contributed by atoms with E-state index in [0.717, 1.165) is 17.5 Å². The molecule has 1 atom stereocenters. The monoisotopic (exact) mass is 368 g/mol. The van der Waals surface area contributed by atoms with Crippen molar-refractivity contribution >= 4 is 33.2 Å². The van der Waals surface area contributed by atoms with Gasteiger partial charge < -0.3 is 5.73 Å². The van der Waals surface area contributed by atoms with Crippen molar-refractivity contribution in [1.82, 2.24) is 0 Å². The van der Waals surface area contributed by atoms with E-state index in [1.807, 2.05) is 24.3 Å². The summed E-state index contributed by atoms with van der Waals surface area (Å²) in [6.07, 6.45) is 1.36. The zero-order valence-electron chi connectivity index (χ0n) is 11.1. The minimum atomic E-state index is -0.415. The van der Waals surface area contributed by atoms with Crippen molar-refractivity contribution in [2.75, 3.05) is 0 Å². The van der Waals surface area contributed by atoms with E-state index in [1.54, 1.807) is 6.07 Å². The Balaban J connectivity index is 2.04. The molecule has 0 bridgehead atoms. The van der Waals surface area contributed by atoms with Gasteiger partial charge in [-0.3, -0.25) is 10.1 Å². The van der Waals surface area contributed by atoms with E-state index in [-0.39, 0.29) is 11.7 Å². The predicted octanol–water partition coefficient (Wildman–Crippen LogP) is 4.12. The number of halogens is 2. The van der Waals surface area contributed by atoms with Crippen LogP contribution in [0.1, 0.15) is 11.1 Å². The van der Waals surface area contributed by atoms with Gasteiger partial charge in [-0.25, -0.2) is 0 Å².